The van der Waals surface area contributed by atoms with E-state index in [1.165, 1.54) is 4.90 Å². The molecule has 0 spiro atoms. The van der Waals surface area contributed by atoms with Gasteiger partial charge in [0.25, 0.3) is 0 Å². The second-order valence-electron chi connectivity index (χ2n) is 2.74. The van der Waals surface area contributed by atoms with Crippen LogP contribution in [-0.2, 0) is 0 Å². The lowest BCUT2D eigenvalue weighted by molar-refractivity contribution is 0.967. The Morgan fingerprint density at radius 3 is 3.00 bits per heavy atom. The summed E-state index contributed by atoms with van der Waals surface area (Å²) in [7, 11) is 0. The van der Waals surface area contributed by atoms with Gasteiger partial charge in [0.15, 0.2) is 0 Å². The van der Waals surface area contributed by atoms with E-state index in [1.54, 1.807) is 0 Å². The van der Waals surface area contributed by atoms with Crippen molar-refractivity contribution in [3.05, 3.63) is 18.3 Å². The lowest BCUT2D eigenvalue weighted by atomic mass is 10.4. The average molecular weight is 196 g/mol. The molecule has 0 unspecified atom stereocenters. The number of nitrogens with zero attached hydrogens (tertiary/aromatic N) is 1. The van der Waals surface area contributed by atoms with Crippen LogP contribution in [0.5, 0.6) is 0 Å². The predicted octanol–water partition coefficient (Wildman–Crippen LogP) is 3.02. The molecule has 1 aromatic rings. The second kappa shape index (κ2) is 5.86. The van der Waals surface area contributed by atoms with Crippen LogP contribution in [0.1, 0.15) is 20.3 Å². The topological polar surface area (TPSA) is 24.9 Å². The average Bonchev–Trinajstić information content (AvgIpc) is 2.16. The van der Waals surface area contributed by atoms with E-state index in [0.29, 0.717) is 0 Å². The lowest BCUT2D eigenvalue weighted by Gasteiger charge is -2.04. The largest absolute Gasteiger partial charge is 0.370 e. The molecule has 0 aliphatic rings. The van der Waals surface area contributed by atoms with Crippen LogP contribution >= 0.6 is 11.8 Å². The van der Waals surface area contributed by atoms with Gasteiger partial charge in [-0.05, 0) is 24.3 Å². The van der Waals surface area contributed by atoms with Gasteiger partial charge in [-0.25, -0.2) is 4.98 Å². The highest BCUT2D eigenvalue weighted by Gasteiger charge is 1.95. The number of nitrogens with one attached hydrogen (secondary N) is 1. The van der Waals surface area contributed by atoms with Crippen LogP contribution in [0, 0.1) is 0 Å². The molecule has 3 heteroatoms. The number of aromatic nitrogens is 1. The van der Waals surface area contributed by atoms with Crippen LogP contribution in [0.4, 0.5) is 5.82 Å². The van der Waals surface area contributed by atoms with Crippen molar-refractivity contribution in [2.45, 2.75) is 25.2 Å². The molecule has 72 valence electrons. The summed E-state index contributed by atoms with van der Waals surface area (Å²) in [5.41, 5.74) is 0. The summed E-state index contributed by atoms with van der Waals surface area (Å²) in [6.45, 7) is 5.30. The molecule has 0 fully saturated rings. The van der Waals surface area contributed by atoms with Crippen LogP contribution in [0.25, 0.3) is 0 Å². The quantitative estimate of drug-likeness (QED) is 0.733. The van der Waals surface area contributed by atoms with E-state index in [1.807, 2.05) is 24.0 Å². The number of thioether (sulfide) groups is 1. The molecular weight excluding hydrogens is 180 g/mol. The second-order valence-corrected chi connectivity index (χ2v) is 4.07. The van der Waals surface area contributed by atoms with Crippen LogP contribution in [0.15, 0.2) is 23.2 Å². The summed E-state index contributed by atoms with van der Waals surface area (Å²) in [6, 6.07) is 4.15. The number of hydrogen-bond acceptors (Lipinski definition) is 3. The molecule has 1 N–H and O–H groups in total. The summed E-state index contributed by atoms with van der Waals surface area (Å²) >= 11 is 1.84. The Labute approximate surface area is 84.1 Å². The first kappa shape index (κ1) is 10.4. The first-order chi connectivity index (χ1) is 6.36. The first-order valence-corrected chi connectivity index (χ1v) is 5.68. The Hall–Kier alpha value is -0.700. The van der Waals surface area contributed by atoms with Crippen molar-refractivity contribution in [3.8, 4) is 0 Å². The summed E-state index contributed by atoms with van der Waals surface area (Å²) in [4.78, 5) is 5.52. The molecule has 0 radical (unpaired) electrons. The van der Waals surface area contributed by atoms with Crippen molar-refractivity contribution in [2.24, 2.45) is 0 Å². The zero-order chi connectivity index (χ0) is 9.52. The van der Waals surface area contributed by atoms with E-state index in [2.05, 4.69) is 30.2 Å². The van der Waals surface area contributed by atoms with Crippen molar-refractivity contribution in [3.63, 3.8) is 0 Å². The molecule has 0 aliphatic carbocycles. The van der Waals surface area contributed by atoms with Gasteiger partial charge in [0.1, 0.15) is 5.82 Å². The van der Waals surface area contributed by atoms with Gasteiger partial charge in [0.2, 0.25) is 0 Å². The van der Waals surface area contributed by atoms with Gasteiger partial charge in [0.05, 0.1) is 0 Å². The Balaban J connectivity index is 2.56. The van der Waals surface area contributed by atoms with Crippen molar-refractivity contribution in [1.82, 2.24) is 4.98 Å². The number of pyridine rings is 1. The molecule has 0 bridgehead atoms. The molecule has 0 atom stereocenters. The first-order valence-electron chi connectivity index (χ1n) is 4.69. The summed E-state index contributed by atoms with van der Waals surface area (Å²) in [5.74, 6) is 2.09. The Morgan fingerprint density at radius 2 is 2.31 bits per heavy atom. The van der Waals surface area contributed by atoms with Gasteiger partial charge >= 0.3 is 0 Å². The highest BCUT2D eigenvalue weighted by atomic mass is 32.2. The SMILES string of the molecule is CCCNc1cc(SCC)ccn1. The van der Waals surface area contributed by atoms with Crippen LogP contribution in [0.2, 0.25) is 0 Å². The molecule has 2 nitrogen and oxygen atoms in total. The maximum atomic E-state index is 4.23. The van der Waals surface area contributed by atoms with E-state index in [4.69, 9.17) is 0 Å². The van der Waals surface area contributed by atoms with E-state index >= 15 is 0 Å². The third-order valence-electron chi connectivity index (χ3n) is 1.60. The van der Waals surface area contributed by atoms with Gasteiger partial charge in [-0.3, -0.25) is 0 Å². The fourth-order valence-corrected chi connectivity index (χ4v) is 1.70. The van der Waals surface area contributed by atoms with Gasteiger partial charge in [-0.1, -0.05) is 13.8 Å². The van der Waals surface area contributed by atoms with E-state index < -0.39 is 0 Å². The van der Waals surface area contributed by atoms with E-state index in [9.17, 15) is 0 Å². The van der Waals surface area contributed by atoms with Crippen molar-refractivity contribution < 1.29 is 0 Å². The van der Waals surface area contributed by atoms with E-state index in [0.717, 1.165) is 24.5 Å². The highest BCUT2D eigenvalue weighted by Crippen LogP contribution is 2.19. The number of hydrogen-bond donors (Lipinski definition) is 1. The molecule has 0 amide bonds. The van der Waals surface area contributed by atoms with Crippen LogP contribution in [0.3, 0.4) is 0 Å². The van der Waals surface area contributed by atoms with Gasteiger partial charge in [0, 0.05) is 17.6 Å². The Bertz CT molecular complexity index is 250. The van der Waals surface area contributed by atoms with Gasteiger partial charge in [-0.2, -0.15) is 0 Å². The molecule has 1 aromatic heterocycles. The molecule has 0 aliphatic heterocycles. The summed E-state index contributed by atoms with van der Waals surface area (Å²) < 4.78 is 0. The molecular formula is C10H16N2S. The highest BCUT2D eigenvalue weighted by molar-refractivity contribution is 7.99. The minimum Gasteiger partial charge on any atom is -0.370 e. The maximum absolute atomic E-state index is 4.23. The van der Waals surface area contributed by atoms with Gasteiger partial charge in [-0.15, -0.1) is 11.8 Å². The van der Waals surface area contributed by atoms with Crippen LogP contribution in [-0.4, -0.2) is 17.3 Å². The number of rotatable bonds is 5. The molecule has 1 heterocycles. The molecule has 1 rings (SSSR count). The predicted molar refractivity (Wildman–Crippen MR) is 59.4 cm³/mol. The molecule has 13 heavy (non-hydrogen) atoms. The van der Waals surface area contributed by atoms with E-state index in [-0.39, 0.29) is 0 Å². The molecule has 0 saturated heterocycles. The Kier molecular flexibility index (Phi) is 4.68. The fraction of sp³-hybridized carbons (Fsp3) is 0.500. The summed E-state index contributed by atoms with van der Waals surface area (Å²) in [5, 5.41) is 3.27. The minimum absolute atomic E-state index is 0.986. The van der Waals surface area contributed by atoms with Crippen molar-refractivity contribution in [2.75, 3.05) is 17.6 Å². The zero-order valence-corrected chi connectivity index (χ0v) is 9.03. The van der Waals surface area contributed by atoms with Gasteiger partial charge < -0.3 is 5.32 Å². The fourth-order valence-electron chi connectivity index (χ4n) is 1.02. The standard InChI is InChI=1S/C10H16N2S/c1-3-6-11-10-8-9(13-4-2)5-7-12-10/h5,7-8H,3-4,6H2,1-2H3,(H,11,12). The monoisotopic (exact) mass is 196 g/mol. The smallest absolute Gasteiger partial charge is 0.126 e. The lowest BCUT2D eigenvalue weighted by Crippen LogP contribution is -2.01. The van der Waals surface area contributed by atoms with Crippen molar-refractivity contribution >= 4 is 17.6 Å². The Morgan fingerprint density at radius 1 is 1.46 bits per heavy atom. The minimum atomic E-state index is 0.986. The van der Waals surface area contributed by atoms with Crippen LogP contribution < -0.4 is 5.32 Å². The normalized spacial score (nSPS) is 10.0. The molecule has 0 aromatic carbocycles. The van der Waals surface area contributed by atoms with Crippen molar-refractivity contribution in [1.29, 1.82) is 0 Å². The third kappa shape index (κ3) is 3.68. The number of anilines is 1. The molecule has 0 saturated carbocycles. The third-order valence-corrected chi connectivity index (χ3v) is 2.47. The summed E-state index contributed by atoms with van der Waals surface area (Å²) in [6.07, 6.45) is 2.99. The maximum Gasteiger partial charge on any atom is 0.126 e. The zero-order valence-electron chi connectivity index (χ0n) is 8.21.